The molecule has 0 saturated heterocycles. The van der Waals surface area contributed by atoms with Crippen LogP contribution in [0.1, 0.15) is 44.6 Å². The van der Waals surface area contributed by atoms with Crippen LogP contribution in [0, 0.1) is 5.92 Å². The zero-order valence-electron chi connectivity index (χ0n) is 13.6. The third-order valence-corrected chi connectivity index (χ3v) is 3.53. The summed E-state index contributed by atoms with van der Waals surface area (Å²) < 4.78 is 2.08. The number of aryl methyl sites for hydroxylation is 2. The molecule has 0 aliphatic heterocycles. The lowest BCUT2D eigenvalue weighted by molar-refractivity contribution is 0.550. The third kappa shape index (κ3) is 3.91. The maximum atomic E-state index is 4.73. The number of nitrogens with zero attached hydrogens (tertiary/aromatic N) is 3. The van der Waals surface area contributed by atoms with Crippen molar-refractivity contribution in [1.29, 1.82) is 0 Å². The van der Waals surface area contributed by atoms with Gasteiger partial charge in [-0.25, -0.2) is 4.68 Å². The van der Waals surface area contributed by atoms with Crippen molar-refractivity contribution in [2.75, 3.05) is 6.54 Å². The van der Waals surface area contributed by atoms with E-state index in [1.54, 1.807) is 0 Å². The molecule has 2 rings (SSSR count). The van der Waals surface area contributed by atoms with Crippen LogP contribution >= 0.6 is 0 Å². The summed E-state index contributed by atoms with van der Waals surface area (Å²) >= 11 is 0. The Kier molecular flexibility index (Phi) is 5.51. The Morgan fingerprint density at radius 3 is 2.71 bits per heavy atom. The van der Waals surface area contributed by atoms with Crippen LogP contribution in [0.3, 0.4) is 0 Å². The minimum atomic E-state index is 0.646. The monoisotopic (exact) mass is 286 g/mol. The Morgan fingerprint density at radius 1 is 1.24 bits per heavy atom. The van der Waals surface area contributed by atoms with Crippen molar-refractivity contribution >= 4 is 0 Å². The maximum absolute atomic E-state index is 4.73. The Labute approximate surface area is 127 Å². The molecule has 0 atom stereocenters. The van der Waals surface area contributed by atoms with Crippen molar-refractivity contribution in [3.8, 4) is 5.69 Å². The van der Waals surface area contributed by atoms with Gasteiger partial charge in [0.05, 0.1) is 11.4 Å². The second-order valence-corrected chi connectivity index (χ2v) is 5.78. The molecule has 2 aromatic heterocycles. The van der Waals surface area contributed by atoms with Gasteiger partial charge < -0.3 is 5.32 Å². The molecule has 2 aromatic rings. The fourth-order valence-electron chi connectivity index (χ4n) is 2.37. The van der Waals surface area contributed by atoms with Gasteiger partial charge in [0.15, 0.2) is 0 Å². The van der Waals surface area contributed by atoms with E-state index in [9.17, 15) is 0 Å². The van der Waals surface area contributed by atoms with E-state index in [1.807, 2.05) is 12.4 Å². The van der Waals surface area contributed by atoms with Crippen LogP contribution in [-0.2, 0) is 19.4 Å². The van der Waals surface area contributed by atoms with Crippen LogP contribution in [0.5, 0.6) is 0 Å². The number of nitrogens with one attached hydrogen (secondary N) is 1. The first kappa shape index (κ1) is 15.7. The lowest BCUT2D eigenvalue weighted by Gasteiger charge is -2.13. The summed E-state index contributed by atoms with van der Waals surface area (Å²) in [5.41, 5.74) is 4.73. The summed E-state index contributed by atoms with van der Waals surface area (Å²) in [6.07, 6.45) is 5.73. The standard InChI is InChI=1S/C17H26N4/c1-5-15-9-16(6-2)21(20-15)17-7-8-18-11-14(17)12-19-10-13(3)4/h7-9,11,13,19H,5-6,10,12H2,1-4H3. The molecule has 0 amide bonds. The molecule has 0 bridgehead atoms. The Balaban J connectivity index is 2.28. The number of rotatable bonds is 7. The van der Waals surface area contributed by atoms with E-state index in [4.69, 9.17) is 5.10 Å². The fourth-order valence-corrected chi connectivity index (χ4v) is 2.37. The van der Waals surface area contributed by atoms with Gasteiger partial charge in [-0.1, -0.05) is 27.7 Å². The first-order valence-corrected chi connectivity index (χ1v) is 7.87. The SMILES string of the molecule is CCc1cc(CC)n(-c2ccncc2CNCC(C)C)n1. The highest BCUT2D eigenvalue weighted by Gasteiger charge is 2.11. The molecule has 0 aromatic carbocycles. The lowest BCUT2D eigenvalue weighted by atomic mass is 10.2. The van der Waals surface area contributed by atoms with Gasteiger partial charge in [0.1, 0.15) is 0 Å². The molecular weight excluding hydrogens is 260 g/mol. The minimum absolute atomic E-state index is 0.646. The molecule has 4 heteroatoms. The molecule has 0 saturated carbocycles. The smallest absolute Gasteiger partial charge is 0.0724 e. The highest BCUT2D eigenvalue weighted by atomic mass is 15.3. The van der Waals surface area contributed by atoms with Gasteiger partial charge >= 0.3 is 0 Å². The van der Waals surface area contributed by atoms with E-state index < -0.39 is 0 Å². The highest BCUT2D eigenvalue weighted by Crippen LogP contribution is 2.17. The number of aromatic nitrogens is 3. The van der Waals surface area contributed by atoms with Crippen molar-refractivity contribution in [2.24, 2.45) is 5.92 Å². The second kappa shape index (κ2) is 7.36. The molecule has 4 nitrogen and oxygen atoms in total. The molecule has 2 heterocycles. The molecule has 0 fully saturated rings. The zero-order valence-corrected chi connectivity index (χ0v) is 13.6. The average molecular weight is 286 g/mol. The molecule has 114 valence electrons. The van der Waals surface area contributed by atoms with Gasteiger partial charge in [-0.3, -0.25) is 4.98 Å². The average Bonchev–Trinajstić information content (AvgIpc) is 2.90. The van der Waals surface area contributed by atoms with Crippen LogP contribution in [0.25, 0.3) is 5.69 Å². The quantitative estimate of drug-likeness (QED) is 0.850. The molecule has 0 aliphatic carbocycles. The predicted molar refractivity (Wildman–Crippen MR) is 86.7 cm³/mol. The van der Waals surface area contributed by atoms with E-state index in [2.05, 4.69) is 54.8 Å². The Hall–Kier alpha value is -1.68. The summed E-state index contributed by atoms with van der Waals surface area (Å²) in [6, 6.07) is 4.25. The normalized spacial score (nSPS) is 11.3. The molecule has 0 radical (unpaired) electrons. The van der Waals surface area contributed by atoms with E-state index in [0.717, 1.165) is 37.3 Å². The summed E-state index contributed by atoms with van der Waals surface area (Å²) in [6.45, 7) is 10.6. The number of hydrogen-bond acceptors (Lipinski definition) is 3. The second-order valence-electron chi connectivity index (χ2n) is 5.78. The molecule has 0 aliphatic rings. The molecule has 0 spiro atoms. The lowest BCUT2D eigenvalue weighted by Crippen LogP contribution is -2.20. The van der Waals surface area contributed by atoms with E-state index in [-0.39, 0.29) is 0 Å². The molecule has 0 unspecified atom stereocenters. The summed E-state index contributed by atoms with van der Waals surface area (Å²) in [5.74, 6) is 0.646. The van der Waals surface area contributed by atoms with Gasteiger partial charge in [-0.15, -0.1) is 0 Å². The van der Waals surface area contributed by atoms with Crippen molar-refractivity contribution in [3.63, 3.8) is 0 Å². The molecule has 21 heavy (non-hydrogen) atoms. The first-order chi connectivity index (χ1) is 10.2. The summed E-state index contributed by atoms with van der Waals surface area (Å²) in [5, 5.41) is 8.22. The zero-order chi connectivity index (χ0) is 15.2. The van der Waals surface area contributed by atoms with Crippen molar-refractivity contribution < 1.29 is 0 Å². The highest BCUT2D eigenvalue weighted by molar-refractivity contribution is 5.40. The largest absolute Gasteiger partial charge is 0.312 e. The van der Waals surface area contributed by atoms with Gasteiger partial charge in [0.2, 0.25) is 0 Å². The maximum Gasteiger partial charge on any atom is 0.0724 e. The molecular formula is C17H26N4. The van der Waals surface area contributed by atoms with E-state index >= 15 is 0 Å². The van der Waals surface area contributed by atoms with Crippen LogP contribution in [-0.4, -0.2) is 21.3 Å². The van der Waals surface area contributed by atoms with Gasteiger partial charge in [-0.2, -0.15) is 5.10 Å². The first-order valence-electron chi connectivity index (χ1n) is 7.87. The van der Waals surface area contributed by atoms with Gasteiger partial charge in [0.25, 0.3) is 0 Å². The Morgan fingerprint density at radius 2 is 2.05 bits per heavy atom. The summed E-state index contributed by atoms with van der Waals surface area (Å²) in [7, 11) is 0. The van der Waals surface area contributed by atoms with Crippen LogP contribution < -0.4 is 5.32 Å². The van der Waals surface area contributed by atoms with Crippen LogP contribution in [0.15, 0.2) is 24.5 Å². The number of hydrogen-bond donors (Lipinski definition) is 1. The third-order valence-electron chi connectivity index (χ3n) is 3.53. The van der Waals surface area contributed by atoms with Crippen LogP contribution in [0.4, 0.5) is 0 Å². The van der Waals surface area contributed by atoms with Gasteiger partial charge in [0, 0.05) is 30.2 Å². The minimum Gasteiger partial charge on any atom is -0.312 e. The van der Waals surface area contributed by atoms with Crippen molar-refractivity contribution in [2.45, 2.75) is 47.1 Å². The predicted octanol–water partition coefficient (Wildman–Crippen LogP) is 3.14. The topological polar surface area (TPSA) is 42.7 Å². The summed E-state index contributed by atoms with van der Waals surface area (Å²) in [4.78, 5) is 4.27. The number of pyridine rings is 1. The van der Waals surface area contributed by atoms with Crippen LogP contribution in [0.2, 0.25) is 0 Å². The van der Waals surface area contributed by atoms with Crippen molar-refractivity contribution in [1.82, 2.24) is 20.1 Å². The van der Waals surface area contributed by atoms with Gasteiger partial charge in [-0.05, 0) is 37.4 Å². The van der Waals surface area contributed by atoms with Crippen molar-refractivity contribution in [3.05, 3.63) is 41.5 Å². The fraction of sp³-hybridized carbons (Fsp3) is 0.529. The van der Waals surface area contributed by atoms with E-state index in [0.29, 0.717) is 5.92 Å². The van der Waals surface area contributed by atoms with E-state index in [1.165, 1.54) is 11.3 Å². The molecule has 1 N–H and O–H groups in total. The Bertz CT molecular complexity index is 572.